The van der Waals surface area contributed by atoms with E-state index in [0.717, 1.165) is 12.8 Å². The van der Waals surface area contributed by atoms with Gasteiger partial charge < -0.3 is 84.6 Å². The highest BCUT2D eigenvalue weighted by atomic mass is 16.7. The van der Waals surface area contributed by atoms with E-state index in [9.17, 15) is 61.0 Å². The average Bonchev–Trinajstić information content (AvgIpc) is 3.15. The van der Waals surface area contributed by atoms with Crippen LogP contribution in [0.25, 0.3) is 0 Å². The third kappa shape index (κ3) is 9.63. The van der Waals surface area contributed by atoms with E-state index < -0.39 is 129 Å². The van der Waals surface area contributed by atoms with E-state index in [-0.39, 0.29) is 43.6 Å². The number of carbonyl (C=O) groups is 1. The Bertz CT molecular complexity index is 1230. The molecule has 19 atom stereocenters. The van der Waals surface area contributed by atoms with Crippen LogP contribution in [0.5, 0.6) is 0 Å². The van der Waals surface area contributed by atoms with Gasteiger partial charge in [-0.15, -0.1) is 0 Å². The summed E-state index contributed by atoms with van der Waals surface area (Å²) in [6.45, 7) is -1.13. The van der Waals surface area contributed by atoms with Crippen molar-refractivity contribution < 1.29 is 89.4 Å². The first-order chi connectivity index (χ1) is 25.7. The van der Waals surface area contributed by atoms with Crippen LogP contribution in [0.1, 0.15) is 64.2 Å². The average molecular weight is 780 g/mol. The molecule has 3 heterocycles. The third-order valence-corrected chi connectivity index (χ3v) is 12.3. The van der Waals surface area contributed by atoms with E-state index in [1.165, 1.54) is 6.08 Å². The van der Waals surface area contributed by atoms with Crippen LogP contribution in [0.15, 0.2) is 12.2 Å². The minimum atomic E-state index is -1.74. The zero-order valence-corrected chi connectivity index (χ0v) is 30.1. The maximum atomic E-state index is 12.5. The van der Waals surface area contributed by atoms with Gasteiger partial charge in [-0.2, -0.15) is 0 Å². The lowest BCUT2D eigenvalue weighted by atomic mass is 9.72. The number of hydrogen-bond acceptors (Lipinski definition) is 17. The molecule has 54 heavy (non-hydrogen) atoms. The maximum Gasteiger partial charge on any atom is 0.330 e. The standard InChI is InChI=1S/C36H58O18/c37-13-25-28(43)30(45)32(47)36(53-25)52-24-12-19-22(50-34(24)16-4-7-20(40)21(41)9-16)10-18(39)11-23(19)51-35-33(48)31(46)29(44)26(54-35)14-49-27(42)8-3-15-1-5-17(38)6-2-15/h3,8,15-26,28-41,43-48H,1-2,4-7,9-14H2/p+1. The quantitative estimate of drug-likeness (QED) is 0.0572. The molecule has 0 radical (unpaired) electrons. The summed E-state index contributed by atoms with van der Waals surface area (Å²) in [5.74, 6) is -1.36. The number of fused-ring (bicyclic) bond motifs is 1. The second-order valence-corrected chi connectivity index (χ2v) is 16.1. The number of aliphatic hydroxyl groups excluding tert-OH is 11. The maximum absolute atomic E-state index is 12.5. The zero-order valence-electron chi connectivity index (χ0n) is 30.1. The van der Waals surface area contributed by atoms with Crippen LogP contribution in [-0.4, -0.2) is 190 Å². The Morgan fingerprint density at radius 3 is 1.93 bits per heavy atom. The van der Waals surface area contributed by atoms with Gasteiger partial charge in [0.05, 0.1) is 43.0 Å². The molecule has 6 aliphatic rings. The number of allylic oxidation sites excluding steroid dienone is 1. The Labute approximate surface area is 312 Å². The van der Waals surface area contributed by atoms with Crippen LogP contribution in [0.4, 0.5) is 0 Å². The van der Waals surface area contributed by atoms with Gasteiger partial charge in [-0.05, 0) is 57.3 Å². The number of carbonyl (C=O) groups excluding carboxylic acids is 1. The molecule has 0 bridgehead atoms. The summed E-state index contributed by atoms with van der Waals surface area (Å²) in [6, 6.07) is 0. The molecule has 0 aromatic rings. The number of ether oxygens (including phenoxy) is 6. The zero-order chi connectivity index (χ0) is 38.8. The molecule has 18 heteroatoms. The van der Waals surface area contributed by atoms with Crippen molar-refractivity contribution in [1.29, 1.82) is 0 Å². The molecule has 3 saturated carbocycles. The van der Waals surface area contributed by atoms with Gasteiger partial charge in [0.1, 0.15) is 61.5 Å². The van der Waals surface area contributed by atoms with Gasteiger partial charge in [0.2, 0.25) is 0 Å². The second-order valence-electron chi connectivity index (χ2n) is 16.1. The van der Waals surface area contributed by atoms with Crippen molar-refractivity contribution in [1.82, 2.24) is 0 Å². The Hall–Kier alpha value is -1.43. The van der Waals surface area contributed by atoms with Crippen LogP contribution in [0, 0.1) is 17.8 Å². The summed E-state index contributed by atoms with van der Waals surface area (Å²) in [6.07, 6.45) is -14.4. The fraction of sp³-hybridized carbons (Fsp3) is 0.917. The molecule has 19 unspecified atom stereocenters. The molecule has 18 nitrogen and oxygen atoms in total. The van der Waals surface area contributed by atoms with Gasteiger partial charge in [-0.25, -0.2) is 4.79 Å². The predicted molar refractivity (Wildman–Crippen MR) is 181 cm³/mol. The van der Waals surface area contributed by atoms with Crippen molar-refractivity contribution in [2.24, 2.45) is 17.8 Å². The summed E-state index contributed by atoms with van der Waals surface area (Å²) >= 11 is 0. The molecular formula is C36H59O18+. The molecule has 6 rings (SSSR count). The van der Waals surface area contributed by atoms with Gasteiger partial charge in [-0.1, -0.05) is 6.08 Å². The highest BCUT2D eigenvalue weighted by Crippen LogP contribution is 2.44. The van der Waals surface area contributed by atoms with Crippen molar-refractivity contribution in [2.75, 3.05) is 13.2 Å². The Balaban J connectivity index is 1.15. The van der Waals surface area contributed by atoms with E-state index in [2.05, 4.69) is 0 Å². The Morgan fingerprint density at radius 1 is 0.648 bits per heavy atom. The van der Waals surface area contributed by atoms with Crippen LogP contribution in [0.3, 0.4) is 0 Å². The van der Waals surface area contributed by atoms with E-state index in [1.807, 2.05) is 0 Å². The summed E-state index contributed by atoms with van der Waals surface area (Å²) in [5, 5.41) is 115. The van der Waals surface area contributed by atoms with E-state index >= 15 is 0 Å². The second kappa shape index (κ2) is 18.4. The number of esters is 1. The highest BCUT2D eigenvalue weighted by Gasteiger charge is 2.56. The molecule has 0 spiro atoms. The van der Waals surface area contributed by atoms with Crippen LogP contribution in [0.2, 0.25) is 0 Å². The molecule has 0 aromatic carbocycles. The number of aliphatic hydroxyl groups is 13. The van der Waals surface area contributed by atoms with Crippen LogP contribution >= 0.6 is 0 Å². The molecule has 3 aliphatic heterocycles. The van der Waals surface area contributed by atoms with Crippen molar-refractivity contribution in [3.63, 3.8) is 0 Å². The normalized spacial score (nSPS) is 50.4. The molecule has 3 saturated heterocycles. The fourth-order valence-electron chi connectivity index (χ4n) is 9.05. The lowest BCUT2D eigenvalue weighted by molar-refractivity contribution is -0.367. The van der Waals surface area contributed by atoms with Crippen LogP contribution in [-0.2, 0) is 28.5 Å². The first kappa shape index (κ1) is 42.2. The largest absolute Gasteiger partial charge is 0.460 e. The summed E-state index contributed by atoms with van der Waals surface area (Å²) in [7, 11) is 0. The predicted octanol–water partition coefficient (Wildman–Crippen LogP) is -4.02. The Kier molecular flexibility index (Phi) is 14.4. The minimum Gasteiger partial charge on any atom is -0.460 e. The molecule has 310 valence electrons. The van der Waals surface area contributed by atoms with E-state index in [1.54, 1.807) is 6.08 Å². The molecule has 3 aliphatic carbocycles. The van der Waals surface area contributed by atoms with E-state index in [4.69, 9.17) is 28.4 Å². The topological polar surface area (TPSA) is 299 Å². The lowest BCUT2D eigenvalue weighted by Crippen LogP contribution is -2.64. The smallest absolute Gasteiger partial charge is 0.330 e. The minimum absolute atomic E-state index is 0.0658. The van der Waals surface area contributed by atoms with E-state index in [0.29, 0.717) is 25.7 Å². The molecule has 6 fully saturated rings. The highest BCUT2D eigenvalue weighted by molar-refractivity contribution is 5.81. The molecular weight excluding hydrogens is 720 g/mol. The first-order valence-electron chi connectivity index (χ1n) is 19.3. The summed E-state index contributed by atoms with van der Waals surface area (Å²) in [4.78, 5) is 12.5. The van der Waals surface area contributed by atoms with Gasteiger partial charge in [-0.3, -0.25) is 0 Å². The van der Waals surface area contributed by atoms with Gasteiger partial charge in [0.25, 0.3) is 0 Å². The fourth-order valence-corrected chi connectivity index (χ4v) is 9.05. The van der Waals surface area contributed by atoms with Gasteiger partial charge in [0, 0.05) is 24.8 Å². The van der Waals surface area contributed by atoms with Crippen molar-refractivity contribution in [2.45, 2.75) is 174 Å². The van der Waals surface area contributed by atoms with Crippen LogP contribution < -0.4 is 0 Å². The monoisotopic (exact) mass is 779 g/mol. The number of rotatable bonds is 10. The van der Waals surface area contributed by atoms with Gasteiger partial charge in [0.15, 0.2) is 24.8 Å². The summed E-state index contributed by atoms with van der Waals surface area (Å²) in [5.41, 5.74) is 0. The number of hydrogen-bond donors (Lipinski definition) is 11. The van der Waals surface area contributed by atoms with Gasteiger partial charge >= 0.3 is 5.97 Å². The molecule has 12 N–H and O–H groups in total. The molecule has 0 aromatic heterocycles. The third-order valence-electron chi connectivity index (χ3n) is 12.3. The Morgan fingerprint density at radius 2 is 1.28 bits per heavy atom. The summed E-state index contributed by atoms with van der Waals surface area (Å²) < 4.78 is 34.4. The first-order valence-corrected chi connectivity index (χ1v) is 19.3. The molecule has 0 amide bonds. The van der Waals surface area contributed by atoms with Crippen molar-refractivity contribution in [3.8, 4) is 0 Å². The lowest BCUT2D eigenvalue weighted by Gasteiger charge is -2.50. The SMILES string of the molecule is O=C(C=CC1CCC(O)CC1)OCC1OC(OC2CC(O)CC3[OH+]C(C4CCC(O)C(O)C4)C(OC4OC(CO)C(O)C(O)C4O)CC23)C(O)C(O)C1O. The van der Waals surface area contributed by atoms with Crippen molar-refractivity contribution >= 4 is 5.97 Å². The van der Waals surface area contributed by atoms with Crippen molar-refractivity contribution in [3.05, 3.63) is 12.2 Å².